The van der Waals surface area contributed by atoms with Crippen molar-refractivity contribution in [3.63, 3.8) is 0 Å². The van der Waals surface area contributed by atoms with E-state index in [2.05, 4.69) is 29.6 Å². The molecule has 2 nitrogen and oxygen atoms in total. The molecule has 1 aromatic carbocycles. The Morgan fingerprint density at radius 1 is 1.33 bits per heavy atom. The molecule has 0 aliphatic carbocycles. The van der Waals surface area contributed by atoms with E-state index in [1.165, 1.54) is 18.9 Å². The van der Waals surface area contributed by atoms with Gasteiger partial charge in [0.25, 0.3) is 0 Å². The van der Waals surface area contributed by atoms with Crippen molar-refractivity contribution >= 4 is 0 Å². The lowest BCUT2D eigenvalue weighted by Gasteiger charge is -2.32. The maximum atomic E-state index is 13.3. The van der Waals surface area contributed by atoms with Crippen molar-refractivity contribution in [2.75, 3.05) is 0 Å². The summed E-state index contributed by atoms with van der Waals surface area (Å²) < 4.78 is 15.5. The van der Waals surface area contributed by atoms with Gasteiger partial charge in [-0.25, -0.2) is 9.37 Å². The summed E-state index contributed by atoms with van der Waals surface area (Å²) >= 11 is 0. The second-order valence-corrected chi connectivity index (χ2v) is 5.59. The van der Waals surface area contributed by atoms with Crippen LogP contribution < -0.4 is 0 Å². The van der Waals surface area contributed by atoms with Crippen LogP contribution in [0.5, 0.6) is 0 Å². The summed E-state index contributed by atoms with van der Waals surface area (Å²) in [4.78, 5) is 4.65. The summed E-state index contributed by atoms with van der Waals surface area (Å²) in [5, 5.41) is 0. The summed E-state index contributed by atoms with van der Waals surface area (Å²) in [5.74, 6) is 0.906. The number of halogens is 1. The Morgan fingerprint density at radius 3 is 2.89 bits per heavy atom. The molecule has 0 atom stereocenters. The SMILES string of the molecule is CC1(C)CCCc2nc(-c3cccc(F)c3)cn21. The highest BCUT2D eigenvalue weighted by molar-refractivity contribution is 5.58. The van der Waals surface area contributed by atoms with Crippen LogP contribution in [-0.2, 0) is 12.0 Å². The summed E-state index contributed by atoms with van der Waals surface area (Å²) in [6.07, 6.45) is 5.41. The third-order valence-electron chi connectivity index (χ3n) is 3.74. The summed E-state index contributed by atoms with van der Waals surface area (Å²) in [6, 6.07) is 6.64. The molecule has 2 heterocycles. The topological polar surface area (TPSA) is 17.8 Å². The largest absolute Gasteiger partial charge is 0.329 e. The van der Waals surface area contributed by atoms with E-state index in [0.29, 0.717) is 0 Å². The van der Waals surface area contributed by atoms with Crippen LogP contribution in [0.2, 0.25) is 0 Å². The zero-order valence-corrected chi connectivity index (χ0v) is 10.8. The molecule has 2 aromatic rings. The molecule has 0 radical (unpaired) electrons. The third-order valence-corrected chi connectivity index (χ3v) is 3.74. The molecule has 1 aromatic heterocycles. The van der Waals surface area contributed by atoms with Gasteiger partial charge in [0, 0.05) is 23.7 Å². The van der Waals surface area contributed by atoms with Gasteiger partial charge in [0.1, 0.15) is 11.6 Å². The van der Waals surface area contributed by atoms with Crippen molar-refractivity contribution in [3.05, 3.63) is 42.1 Å². The lowest BCUT2D eigenvalue weighted by Crippen LogP contribution is -2.31. The van der Waals surface area contributed by atoms with Crippen molar-refractivity contribution in [2.24, 2.45) is 0 Å². The summed E-state index contributed by atoms with van der Waals surface area (Å²) in [5.41, 5.74) is 1.85. The first-order chi connectivity index (χ1) is 8.56. The van der Waals surface area contributed by atoms with Gasteiger partial charge >= 0.3 is 0 Å². The van der Waals surface area contributed by atoms with Crippen molar-refractivity contribution in [3.8, 4) is 11.3 Å². The van der Waals surface area contributed by atoms with Crippen molar-refractivity contribution in [2.45, 2.75) is 38.6 Å². The van der Waals surface area contributed by atoms with E-state index in [0.717, 1.165) is 23.5 Å². The molecule has 0 N–H and O–H groups in total. The van der Waals surface area contributed by atoms with Gasteiger partial charge in [0.05, 0.1) is 5.69 Å². The number of fused-ring (bicyclic) bond motifs is 1. The number of hydrogen-bond acceptors (Lipinski definition) is 1. The van der Waals surface area contributed by atoms with E-state index in [-0.39, 0.29) is 11.4 Å². The molecule has 3 rings (SSSR count). The number of aryl methyl sites for hydroxylation is 1. The van der Waals surface area contributed by atoms with E-state index >= 15 is 0 Å². The van der Waals surface area contributed by atoms with Crippen molar-refractivity contribution in [1.29, 1.82) is 0 Å². The summed E-state index contributed by atoms with van der Waals surface area (Å²) in [6.45, 7) is 4.46. The molecule has 0 saturated carbocycles. The Kier molecular flexibility index (Phi) is 2.51. The minimum atomic E-state index is -0.210. The van der Waals surface area contributed by atoms with Crippen LogP contribution in [0.15, 0.2) is 30.5 Å². The molecule has 0 saturated heterocycles. The monoisotopic (exact) mass is 244 g/mol. The van der Waals surface area contributed by atoms with Crippen molar-refractivity contribution in [1.82, 2.24) is 9.55 Å². The maximum Gasteiger partial charge on any atom is 0.123 e. The van der Waals surface area contributed by atoms with E-state index in [9.17, 15) is 4.39 Å². The van der Waals surface area contributed by atoms with Crippen LogP contribution in [0.25, 0.3) is 11.3 Å². The van der Waals surface area contributed by atoms with E-state index in [1.807, 2.05) is 6.07 Å². The summed E-state index contributed by atoms with van der Waals surface area (Å²) in [7, 11) is 0. The number of nitrogens with zero attached hydrogens (tertiary/aromatic N) is 2. The molecule has 3 heteroatoms. The van der Waals surface area contributed by atoms with E-state index in [1.54, 1.807) is 12.1 Å². The Bertz CT molecular complexity index is 584. The van der Waals surface area contributed by atoms with Crippen LogP contribution in [0.1, 0.15) is 32.5 Å². The van der Waals surface area contributed by atoms with Crippen LogP contribution in [0, 0.1) is 5.82 Å². The van der Waals surface area contributed by atoms with Gasteiger partial charge in [0.2, 0.25) is 0 Å². The molecule has 0 spiro atoms. The lowest BCUT2D eigenvalue weighted by atomic mass is 9.93. The number of aromatic nitrogens is 2. The van der Waals surface area contributed by atoms with Gasteiger partial charge in [0.15, 0.2) is 0 Å². The van der Waals surface area contributed by atoms with Gasteiger partial charge in [-0.1, -0.05) is 12.1 Å². The van der Waals surface area contributed by atoms with E-state index in [4.69, 9.17) is 0 Å². The molecule has 0 amide bonds. The molecule has 1 aliphatic rings. The van der Waals surface area contributed by atoms with Crippen LogP contribution >= 0.6 is 0 Å². The van der Waals surface area contributed by atoms with Gasteiger partial charge in [-0.05, 0) is 38.8 Å². The number of rotatable bonds is 1. The van der Waals surface area contributed by atoms with Gasteiger partial charge < -0.3 is 4.57 Å². The fourth-order valence-electron chi connectivity index (χ4n) is 2.71. The minimum Gasteiger partial charge on any atom is -0.329 e. The number of imidazole rings is 1. The standard InChI is InChI=1S/C15H17FN2/c1-15(2)8-4-7-14-17-13(10-18(14)15)11-5-3-6-12(16)9-11/h3,5-6,9-10H,4,7-8H2,1-2H3. The van der Waals surface area contributed by atoms with Crippen LogP contribution in [0.4, 0.5) is 4.39 Å². The lowest BCUT2D eigenvalue weighted by molar-refractivity contribution is 0.279. The van der Waals surface area contributed by atoms with Crippen molar-refractivity contribution < 1.29 is 4.39 Å². The molecule has 18 heavy (non-hydrogen) atoms. The molecule has 0 bridgehead atoms. The third kappa shape index (κ3) is 1.84. The first kappa shape index (κ1) is 11.5. The Balaban J connectivity index is 2.08. The smallest absolute Gasteiger partial charge is 0.123 e. The second kappa shape index (κ2) is 3.94. The number of hydrogen-bond donors (Lipinski definition) is 0. The highest BCUT2D eigenvalue weighted by atomic mass is 19.1. The van der Waals surface area contributed by atoms with Gasteiger partial charge in [-0.3, -0.25) is 0 Å². The first-order valence-corrected chi connectivity index (χ1v) is 6.41. The molecule has 0 unspecified atom stereocenters. The molecular formula is C15H17FN2. The quantitative estimate of drug-likeness (QED) is 0.746. The Labute approximate surface area is 106 Å². The highest BCUT2D eigenvalue weighted by Gasteiger charge is 2.28. The molecular weight excluding hydrogens is 227 g/mol. The fraction of sp³-hybridized carbons (Fsp3) is 0.400. The maximum absolute atomic E-state index is 13.3. The highest BCUT2D eigenvalue weighted by Crippen LogP contribution is 2.32. The van der Waals surface area contributed by atoms with Crippen LogP contribution in [0.3, 0.4) is 0 Å². The first-order valence-electron chi connectivity index (χ1n) is 6.41. The normalized spacial score (nSPS) is 17.5. The Hall–Kier alpha value is -1.64. The molecule has 94 valence electrons. The predicted molar refractivity (Wildman–Crippen MR) is 69.9 cm³/mol. The zero-order valence-electron chi connectivity index (χ0n) is 10.8. The fourth-order valence-corrected chi connectivity index (χ4v) is 2.71. The zero-order chi connectivity index (χ0) is 12.8. The second-order valence-electron chi connectivity index (χ2n) is 5.59. The molecule has 0 fully saturated rings. The average Bonchev–Trinajstić information content (AvgIpc) is 2.74. The number of benzene rings is 1. The Morgan fingerprint density at radius 2 is 2.17 bits per heavy atom. The minimum absolute atomic E-state index is 0.117. The van der Waals surface area contributed by atoms with Gasteiger partial charge in [-0.15, -0.1) is 0 Å². The average molecular weight is 244 g/mol. The van der Waals surface area contributed by atoms with Gasteiger partial charge in [-0.2, -0.15) is 0 Å². The predicted octanol–water partition coefficient (Wildman–Crippen LogP) is 3.76. The van der Waals surface area contributed by atoms with Crippen LogP contribution in [-0.4, -0.2) is 9.55 Å². The van der Waals surface area contributed by atoms with E-state index < -0.39 is 0 Å². The molecule has 1 aliphatic heterocycles.